The zero-order valence-electron chi connectivity index (χ0n) is 17.2. The zero-order valence-corrected chi connectivity index (χ0v) is 19.7. The summed E-state index contributed by atoms with van der Waals surface area (Å²) in [5, 5.41) is 0. The SMILES string of the molecule is COC(=O)[C@@H]1C[C@@H]([Se]c2ccccc2)[C@H](c2ccco2)N1S(=O)(=O)c1ccc(C)cc1. The van der Waals surface area contributed by atoms with E-state index in [9.17, 15) is 13.2 Å². The van der Waals surface area contributed by atoms with Gasteiger partial charge >= 0.3 is 189 Å². The number of aryl methyl sites for hydroxylation is 1. The Morgan fingerprint density at radius 1 is 1.06 bits per heavy atom. The van der Waals surface area contributed by atoms with E-state index in [-0.39, 0.29) is 24.7 Å². The Morgan fingerprint density at radius 2 is 1.77 bits per heavy atom. The van der Waals surface area contributed by atoms with Crippen LogP contribution in [0.2, 0.25) is 4.82 Å². The Balaban J connectivity index is 1.81. The molecule has 1 aromatic heterocycles. The third-order valence-corrected chi connectivity index (χ3v) is 9.95. The van der Waals surface area contributed by atoms with Crippen LogP contribution in [-0.4, -0.2) is 46.8 Å². The summed E-state index contributed by atoms with van der Waals surface area (Å²) in [6.45, 7) is 1.90. The Kier molecular flexibility index (Phi) is 6.34. The number of carbonyl (C=O) groups is 1. The van der Waals surface area contributed by atoms with Crippen LogP contribution in [0.4, 0.5) is 0 Å². The number of rotatable bonds is 6. The van der Waals surface area contributed by atoms with E-state index >= 15 is 0 Å². The summed E-state index contributed by atoms with van der Waals surface area (Å²) in [5.74, 6) is -0.0245. The summed E-state index contributed by atoms with van der Waals surface area (Å²) in [6, 6.07) is 18.6. The number of hydrogen-bond donors (Lipinski definition) is 0. The summed E-state index contributed by atoms with van der Waals surface area (Å²) in [7, 11) is -2.69. The van der Waals surface area contributed by atoms with Crippen molar-refractivity contribution in [1.82, 2.24) is 4.31 Å². The van der Waals surface area contributed by atoms with E-state index in [2.05, 4.69) is 0 Å². The number of esters is 1. The predicted octanol–water partition coefficient (Wildman–Crippen LogP) is 3.08. The molecule has 31 heavy (non-hydrogen) atoms. The fourth-order valence-corrected chi connectivity index (χ4v) is 8.61. The number of methoxy groups -OCH3 is 1. The average Bonchev–Trinajstić information content (AvgIpc) is 3.42. The topological polar surface area (TPSA) is 76.8 Å². The molecular formula is C23H23NO5SSe. The molecule has 1 fully saturated rings. The van der Waals surface area contributed by atoms with Crippen LogP contribution in [0.3, 0.4) is 0 Å². The molecule has 8 heteroatoms. The van der Waals surface area contributed by atoms with Crippen molar-refractivity contribution in [2.45, 2.75) is 35.1 Å². The Hall–Kier alpha value is -2.38. The molecule has 1 aliphatic heterocycles. The van der Waals surface area contributed by atoms with Gasteiger partial charge in [-0.05, 0) is 0 Å². The van der Waals surface area contributed by atoms with Gasteiger partial charge in [0.25, 0.3) is 0 Å². The van der Waals surface area contributed by atoms with Gasteiger partial charge in [0.05, 0.1) is 0 Å². The number of ether oxygens (including phenoxy) is 1. The molecule has 0 N–H and O–H groups in total. The van der Waals surface area contributed by atoms with Crippen LogP contribution in [0, 0.1) is 6.92 Å². The molecule has 0 radical (unpaired) electrons. The van der Waals surface area contributed by atoms with Crippen LogP contribution >= 0.6 is 0 Å². The third-order valence-electron chi connectivity index (χ3n) is 5.32. The number of sulfonamides is 1. The molecule has 0 spiro atoms. The number of hydrogen-bond acceptors (Lipinski definition) is 5. The number of furan rings is 1. The first-order valence-corrected chi connectivity index (χ1v) is 13.1. The molecule has 0 aliphatic carbocycles. The van der Waals surface area contributed by atoms with Crippen molar-refractivity contribution in [2.24, 2.45) is 0 Å². The van der Waals surface area contributed by atoms with Crippen molar-refractivity contribution >= 4 is 35.4 Å². The van der Waals surface area contributed by atoms with Gasteiger partial charge in [0.2, 0.25) is 0 Å². The fourth-order valence-electron chi connectivity index (χ4n) is 3.85. The molecule has 2 aromatic carbocycles. The Bertz CT molecular complexity index is 1130. The molecule has 3 aromatic rings. The first-order valence-electron chi connectivity index (χ1n) is 9.85. The first-order chi connectivity index (χ1) is 14.9. The van der Waals surface area contributed by atoms with Crippen molar-refractivity contribution in [3.05, 3.63) is 84.3 Å². The molecule has 4 rings (SSSR count). The number of carbonyl (C=O) groups excluding carboxylic acids is 1. The molecule has 162 valence electrons. The summed E-state index contributed by atoms with van der Waals surface area (Å²) in [6.07, 6.45) is 1.90. The van der Waals surface area contributed by atoms with Crippen LogP contribution in [0.1, 0.15) is 23.8 Å². The number of benzene rings is 2. The summed E-state index contributed by atoms with van der Waals surface area (Å²) < 4.78 is 40.7. The van der Waals surface area contributed by atoms with Crippen LogP contribution < -0.4 is 4.46 Å². The molecule has 0 saturated carbocycles. The van der Waals surface area contributed by atoms with Gasteiger partial charge in [0, 0.05) is 0 Å². The maximum absolute atomic E-state index is 13.8. The van der Waals surface area contributed by atoms with Gasteiger partial charge in [-0.1, -0.05) is 0 Å². The van der Waals surface area contributed by atoms with Crippen LogP contribution in [0.5, 0.6) is 0 Å². The van der Waals surface area contributed by atoms with E-state index in [0.29, 0.717) is 12.2 Å². The van der Waals surface area contributed by atoms with Crippen LogP contribution in [0.25, 0.3) is 0 Å². The third kappa shape index (κ3) is 4.34. The van der Waals surface area contributed by atoms with E-state index in [4.69, 9.17) is 9.15 Å². The van der Waals surface area contributed by atoms with Crippen molar-refractivity contribution in [3.8, 4) is 0 Å². The molecule has 6 nitrogen and oxygen atoms in total. The molecule has 0 unspecified atom stereocenters. The van der Waals surface area contributed by atoms with Crippen molar-refractivity contribution in [3.63, 3.8) is 0 Å². The Labute approximate surface area is 188 Å². The monoisotopic (exact) mass is 505 g/mol. The fraction of sp³-hybridized carbons (Fsp3) is 0.261. The van der Waals surface area contributed by atoms with E-state index in [0.717, 1.165) is 10.0 Å². The minimum atomic E-state index is -3.98. The quantitative estimate of drug-likeness (QED) is 0.381. The maximum atomic E-state index is 13.8. The molecule has 0 amide bonds. The van der Waals surface area contributed by atoms with E-state index < -0.39 is 28.1 Å². The van der Waals surface area contributed by atoms with Gasteiger partial charge in [-0.25, -0.2) is 0 Å². The summed E-state index contributed by atoms with van der Waals surface area (Å²) in [5.41, 5.74) is 0.956. The minimum absolute atomic E-state index is 0.0808. The van der Waals surface area contributed by atoms with Crippen LogP contribution in [0.15, 0.2) is 82.3 Å². The molecule has 0 bridgehead atoms. The van der Waals surface area contributed by atoms with Gasteiger partial charge in [-0.3, -0.25) is 0 Å². The standard InChI is InChI=1S/C23H23NO5SSe/c1-16-10-12-17(13-11-16)30(26,27)24-19(23(25)28-2)15-21(22(24)20-9-6-14-29-20)31-18-7-4-3-5-8-18/h3-14,19,21-22H,15H2,1-2H3/t19-,21+,22-/m0/s1. The normalized spacial score (nSPS) is 21.8. The van der Waals surface area contributed by atoms with Crippen molar-refractivity contribution in [1.29, 1.82) is 0 Å². The average molecular weight is 504 g/mol. The van der Waals surface area contributed by atoms with E-state index in [1.165, 1.54) is 17.7 Å². The summed E-state index contributed by atoms with van der Waals surface area (Å²) in [4.78, 5) is 12.8. The predicted molar refractivity (Wildman–Crippen MR) is 118 cm³/mol. The molecule has 1 aliphatic rings. The Morgan fingerprint density at radius 3 is 2.39 bits per heavy atom. The molecule has 2 heterocycles. The van der Waals surface area contributed by atoms with Gasteiger partial charge in [0.15, 0.2) is 0 Å². The van der Waals surface area contributed by atoms with Crippen molar-refractivity contribution < 1.29 is 22.4 Å². The van der Waals surface area contributed by atoms with E-state index in [1.807, 2.05) is 37.3 Å². The number of nitrogens with zero attached hydrogens (tertiary/aromatic N) is 1. The molecular weight excluding hydrogens is 481 g/mol. The second kappa shape index (κ2) is 9.00. The van der Waals surface area contributed by atoms with Crippen LogP contribution in [-0.2, 0) is 19.6 Å². The van der Waals surface area contributed by atoms with E-state index in [1.54, 1.807) is 36.4 Å². The second-order valence-electron chi connectivity index (χ2n) is 7.35. The van der Waals surface area contributed by atoms with Gasteiger partial charge < -0.3 is 0 Å². The second-order valence-corrected chi connectivity index (χ2v) is 11.9. The molecule has 1 saturated heterocycles. The van der Waals surface area contributed by atoms with Gasteiger partial charge in [0.1, 0.15) is 0 Å². The van der Waals surface area contributed by atoms with Gasteiger partial charge in [-0.15, -0.1) is 0 Å². The zero-order chi connectivity index (χ0) is 22.0. The van der Waals surface area contributed by atoms with Crippen molar-refractivity contribution in [2.75, 3.05) is 7.11 Å². The summed E-state index contributed by atoms with van der Waals surface area (Å²) >= 11 is -0.0808. The molecule has 3 atom stereocenters. The van der Waals surface area contributed by atoms with Gasteiger partial charge in [-0.2, -0.15) is 0 Å². The first kappa shape index (κ1) is 21.8.